The maximum Gasteiger partial charge on any atom is 0.240 e. The molecule has 2 rings (SSSR count). The highest BCUT2D eigenvalue weighted by Crippen LogP contribution is 2.29. The molecule has 1 saturated carbocycles. The lowest BCUT2D eigenvalue weighted by Crippen LogP contribution is -2.48. The number of ether oxygens (including phenoxy) is 1. The summed E-state index contributed by atoms with van der Waals surface area (Å²) in [6, 6.07) is 0.370. The van der Waals surface area contributed by atoms with Crippen molar-refractivity contribution in [2.45, 2.75) is 69.9 Å². The van der Waals surface area contributed by atoms with Crippen LogP contribution in [0.25, 0.3) is 0 Å². The van der Waals surface area contributed by atoms with Crippen LogP contribution in [0.3, 0.4) is 0 Å². The first kappa shape index (κ1) is 15.1. The first-order valence-corrected chi connectivity index (χ1v) is 8.07. The van der Waals surface area contributed by atoms with Crippen molar-refractivity contribution in [3.63, 3.8) is 0 Å². The van der Waals surface area contributed by atoms with E-state index >= 15 is 0 Å². The lowest BCUT2D eigenvalue weighted by molar-refractivity contribution is -0.135. The number of rotatable bonds is 4. The number of amides is 1. The number of carbonyl (C=O) groups is 1. The van der Waals surface area contributed by atoms with E-state index in [2.05, 4.69) is 6.92 Å². The highest BCUT2D eigenvalue weighted by molar-refractivity contribution is 6.30. The third-order valence-corrected chi connectivity index (χ3v) is 4.66. The van der Waals surface area contributed by atoms with E-state index in [-0.39, 0.29) is 12.0 Å². The van der Waals surface area contributed by atoms with Crippen LogP contribution in [0.5, 0.6) is 0 Å². The molecule has 2 atom stereocenters. The van der Waals surface area contributed by atoms with Crippen LogP contribution in [0.2, 0.25) is 0 Å². The van der Waals surface area contributed by atoms with Crippen molar-refractivity contribution < 1.29 is 9.53 Å². The van der Waals surface area contributed by atoms with Gasteiger partial charge in [0.15, 0.2) is 0 Å². The van der Waals surface area contributed by atoms with Gasteiger partial charge in [-0.2, -0.15) is 0 Å². The van der Waals surface area contributed by atoms with Gasteiger partial charge in [0.05, 0.1) is 6.10 Å². The maximum absolute atomic E-state index is 12.3. The van der Waals surface area contributed by atoms with Crippen LogP contribution in [0, 0.1) is 5.92 Å². The number of nitrogens with zero attached hydrogens (tertiary/aromatic N) is 1. The van der Waals surface area contributed by atoms with Gasteiger partial charge in [-0.25, -0.2) is 0 Å². The zero-order chi connectivity index (χ0) is 13.8. The zero-order valence-corrected chi connectivity index (χ0v) is 12.9. The molecule has 1 aliphatic heterocycles. The minimum atomic E-state index is -0.430. The van der Waals surface area contributed by atoms with E-state index in [1.807, 2.05) is 4.90 Å². The van der Waals surface area contributed by atoms with E-state index in [9.17, 15) is 4.79 Å². The quantitative estimate of drug-likeness (QED) is 0.743. The van der Waals surface area contributed by atoms with Gasteiger partial charge >= 0.3 is 0 Å². The third kappa shape index (κ3) is 4.09. The molecular formula is C15H26ClNO2. The van der Waals surface area contributed by atoms with Gasteiger partial charge in [0.2, 0.25) is 5.91 Å². The molecule has 2 unspecified atom stereocenters. The highest BCUT2D eigenvalue weighted by atomic mass is 35.5. The summed E-state index contributed by atoms with van der Waals surface area (Å²) < 4.78 is 5.69. The van der Waals surface area contributed by atoms with E-state index in [0.29, 0.717) is 6.04 Å². The molecule has 1 heterocycles. The Hall–Kier alpha value is -0.280. The second-order valence-electron chi connectivity index (χ2n) is 6.16. The second kappa shape index (κ2) is 6.94. The molecule has 1 aliphatic carbocycles. The summed E-state index contributed by atoms with van der Waals surface area (Å²) >= 11 is 6.02. The summed E-state index contributed by atoms with van der Waals surface area (Å²) in [6.45, 7) is 5.64. The first-order chi connectivity index (χ1) is 9.08. The van der Waals surface area contributed by atoms with Crippen molar-refractivity contribution in [3.8, 4) is 0 Å². The highest BCUT2D eigenvalue weighted by Gasteiger charge is 2.32. The Labute approximate surface area is 121 Å². The third-order valence-electron chi connectivity index (χ3n) is 4.47. The second-order valence-corrected chi connectivity index (χ2v) is 6.81. The van der Waals surface area contributed by atoms with Gasteiger partial charge in [0.1, 0.15) is 5.38 Å². The molecule has 0 N–H and O–H groups in total. The van der Waals surface area contributed by atoms with Gasteiger partial charge in [-0.15, -0.1) is 11.6 Å². The number of alkyl halides is 1. The van der Waals surface area contributed by atoms with Crippen molar-refractivity contribution in [1.29, 1.82) is 0 Å². The van der Waals surface area contributed by atoms with Gasteiger partial charge in [0, 0.05) is 19.2 Å². The van der Waals surface area contributed by atoms with Crippen molar-refractivity contribution >= 4 is 17.5 Å². The van der Waals surface area contributed by atoms with Crippen LogP contribution in [-0.4, -0.2) is 41.5 Å². The predicted octanol–water partition coefficient (Wildman–Crippen LogP) is 3.20. The van der Waals surface area contributed by atoms with Crippen molar-refractivity contribution in [2.24, 2.45) is 5.92 Å². The minimum absolute atomic E-state index is 0.0803. The molecule has 2 aliphatic rings. The average molecular weight is 288 g/mol. The molecule has 0 spiro atoms. The number of carbonyl (C=O) groups excluding carboxylic acids is 1. The zero-order valence-electron chi connectivity index (χ0n) is 12.1. The summed E-state index contributed by atoms with van der Waals surface area (Å²) in [5.74, 6) is 0.876. The molecule has 0 aromatic rings. The largest absolute Gasteiger partial charge is 0.376 e. The van der Waals surface area contributed by atoms with Gasteiger partial charge in [-0.05, 0) is 51.4 Å². The Bertz CT molecular complexity index is 295. The average Bonchev–Trinajstić information content (AvgIpc) is 2.89. The Kier molecular flexibility index (Phi) is 5.52. The lowest BCUT2D eigenvalue weighted by Gasteiger charge is -2.38. The Balaban J connectivity index is 1.98. The first-order valence-electron chi connectivity index (χ1n) is 7.64. The lowest BCUT2D eigenvalue weighted by atomic mass is 9.86. The molecule has 1 saturated heterocycles. The van der Waals surface area contributed by atoms with Crippen LogP contribution in [0.4, 0.5) is 0 Å². The fourth-order valence-corrected chi connectivity index (χ4v) is 3.33. The number of hydrogen-bond donors (Lipinski definition) is 0. The minimum Gasteiger partial charge on any atom is -0.376 e. The standard InChI is InChI=1S/C15H26ClNO2/c1-11-5-7-13(8-6-11)17(15(18)12(2)16)10-14-4-3-9-19-14/h11-14H,3-10H2,1-2H3. The molecule has 0 aromatic carbocycles. The molecule has 19 heavy (non-hydrogen) atoms. The van der Waals surface area contributed by atoms with Crippen molar-refractivity contribution in [2.75, 3.05) is 13.2 Å². The number of hydrogen-bond acceptors (Lipinski definition) is 2. The molecule has 4 heteroatoms. The van der Waals surface area contributed by atoms with Gasteiger partial charge in [0.25, 0.3) is 0 Å². The van der Waals surface area contributed by atoms with E-state index < -0.39 is 5.38 Å². The topological polar surface area (TPSA) is 29.5 Å². The summed E-state index contributed by atoms with van der Waals surface area (Å²) in [7, 11) is 0. The maximum atomic E-state index is 12.3. The molecular weight excluding hydrogens is 262 g/mol. The SMILES string of the molecule is CC1CCC(N(CC2CCCO2)C(=O)C(C)Cl)CC1. The molecule has 0 radical (unpaired) electrons. The molecule has 3 nitrogen and oxygen atoms in total. The Morgan fingerprint density at radius 2 is 2.00 bits per heavy atom. The fourth-order valence-electron chi connectivity index (χ4n) is 3.21. The van der Waals surface area contributed by atoms with E-state index in [1.54, 1.807) is 6.92 Å². The molecule has 110 valence electrons. The Morgan fingerprint density at radius 1 is 1.32 bits per heavy atom. The van der Waals surface area contributed by atoms with Gasteiger partial charge in [-0.1, -0.05) is 6.92 Å². The fraction of sp³-hybridized carbons (Fsp3) is 0.933. The van der Waals surface area contributed by atoms with E-state index in [0.717, 1.165) is 44.8 Å². The molecule has 2 fully saturated rings. The van der Waals surface area contributed by atoms with Crippen molar-refractivity contribution in [1.82, 2.24) is 4.90 Å². The smallest absolute Gasteiger partial charge is 0.240 e. The van der Waals surface area contributed by atoms with Gasteiger partial charge in [-0.3, -0.25) is 4.79 Å². The summed E-state index contributed by atoms with van der Waals surface area (Å²) in [5, 5.41) is -0.430. The van der Waals surface area contributed by atoms with Gasteiger partial charge < -0.3 is 9.64 Å². The normalized spacial score (nSPS) is 33.1. The van der Waals surface area contributed by atoms with E-state index in [4.69, 9.17) is 16.3 Å². The van der Waals surface area contributed by atoms with Crippen LogP contribution < -0.4 is 0 Å². The predicted molar refractivity (Wildman–Crippen MR) is 77.4 cm³/mol. The molecule has 0 aromatic heterocycles. The van der Waals surface area contributed by atoms with Crippen LogP contribution >= 0.6 is 11.6 Å². The van der Waals surface area contributed by atoms with Crippen LogP contribution in [0.1, 0.15) is 52.4 Å². The molecule has 0 bridgehead atoms. The number of halogens is 1. The summed E-state index contributed by atoms with van der Waals surface area (Å²) in [5.41, 5.74) is 0. The van der Waals surface area contributed by atoms with Crippen molar-refractivity contribution in [3.05, 3.63) is 0 Å². The Morgan fingerprint density at radius 3 is 2.53 bits per heavy atom. The van der Waals surface area contributed by atoms with E-state index in [1.165, 1.54) is 12.8 Å². The van der Waals surface area contributed by atoms with Crippen LogP contribution in [0.15, 0.2) is 0 Å². The summed E-state index contributed by atoms with van der Waals surface area (Å²) in [6.07, 6.45) is 7.08. The van der Waals surface area contributed by atoms with Crippen LogP contribution in [-0.2, 0) is 9.53 Å². The summed E-state index contributed by atoms with van der Waals surface area (Å²) in [4.78, 5) is 14.4. The monoisotopic (exact) mass is 287 g/mol. The molecule has 1 amide bonds.